The van der Waals surface area contributed by atoms with Crippen molar-refractivity contribution < 1.29 is 4.79 Å². The molecule has 2 N–H and O–H groups in total. The number of rotatable bonds is 4. The van der Waals surface area contributed by atoms with Crippen LogP contribution < -0.4 is 10.6 Å². The minimum atomic E-state index is 0. The normalized spacial score (nSPS) is 14.9. The van der Waals surface area contributed by atoms with E-state index in [1.165, 1.54) is 4.70 Å². The van der Waals surface area contributed by atoms with Gasteiger partial charge in [-0.15, -0.1) is 24.0 Å². The van der Waals surface area contributed by atoms with Crippen molar-refractivity contribution in [1.29, 1.82) is 0 Å². The second-order valence-electron chi connectivity index (χ2n) is 5.88. The number of aromatic nitrogens is 1. The average molecular weight is 488 g/mol. The fraction of sp³-hybridized carbons (Fsp3) is 0.471. The Kier molecular flexibility index (Phi) is 7.88. The number of aliphatic imine (C=N–C) groups is 1. The van der Waals surface area contributed by atoms with E-state index >= 15 is 0 Å². The first-order valence-corrected chi connectivity index (χ1v) is 9.29. The van der Waals surface area contributed by atoms with E-state index in [1.54, 1.807) is 25.3 Å². The van der Waals surface area contributed by atoms with Gasteiger partial charge in [0.25, 0.3) is 0 Å². The van der Waals surface area contributed by atoms with E-state index < -0.39 is 0 Å². The van der Waals surface area contributed by atoms with Gasteiger partial charge in [-0.3, -0.25) is 9.79 Å². The van der Waals surface area contributed by atoms with Crippen LogP contribution in [0.5, 0.6) is 0 Å². The van der Waals surface area contributed by atoms with Gasteiger partial charge in [0.1, 0.15) is 0 Å². The van der Waals surface area contributed by atoms with Crippen LogP contribution in [0.4, 0.5) is 5.13 Å². The van der Waals surface area contributed by atoms with Gasteiger partial charge in [0.15, 0.2) is 11.1 Å². The van der Waals surface area contributed by atoms with Crippen molar-refractivity contribution in [2.45, 2.75) is 6.92 Å². The van der Waals surface area contributed by atoms with Crippen LogP contribution in [-0.4, -0.2) is 73.0 Å². The molecule has 1 aromatic carbocycles. The molecule has 2 aromatic rings. The molecule has 0 saturated carbocycles. The predicted octanol–water partition coefficient (Wildman–Crippen LogP) is 2.07. The summed E-state index contributed by atoms with van der Waals surface area (Å²) in [4.78, 5) is 24.4. The van der Waals surface area contributed by atoms with E-state index in [1.807, 2.05) is 23.1 Å². The summed E-state index contributed by atoms with van der Waals surface area (Å²) >= 11 is 1.66. The summed E-state index contributed by atoms with van der Waals surface area (Å²) in [6.45, 7) is 6.27. The topological polar surface area (TPSA) is 72.9 Å². The van der Waals surface area contributed by atoms with Crippen molar-refractivity contribution in [3.05, 3.63) is 24.3 Å². The van der Waals surface area contributed by atoms with Gasteiger partial charge in [0.2, 0.25) is 5.91 Å². The van der Waals surface area contributed by atoms with Crippen LogP contribution >= 0.6 is 35.3 Å². The van der Waals surface area contributed by atoms with E-state index in [4.69, 9.17) is 0 Å². The number of halogens is 1. The van der Waals surface area contributed by atoms with Crippen LogP contribution in [0.15, 0.2) is 29.3 Å². The molecular weight excluding hydrogens is 463 g/mol. The maximum atomic E-state index is 11.4. The number of guanidine groups is 1. The summed E-state index contributed by atoms with van der Waals surface area (Å²) in [5, 5.41) is 7.67. The third kappa shape index (κ3) is 5.19. The summed E-state index contributed by atoms with van der Waals surface area (Å²) in [5.41, 5.74) is 1.03. The molecule has 7 nitrogen and oxygen atoms in total. The van der Waals surface area contributed by atoms with Crippen LogP contribution in [-0.2, 0) is 4.79 Å². The first-order valence-electron chi connectivity index (χ1n) is 8.48. The largest absolute Gasteiger partial charge is 0.360 e. The van der Waals surface area contributed by atoms with Crippen molar-refractivity contribution >= 4 is 62.5 Å². The Labute approximate surface area is 174 Å². The van der Waals surface area contributed by atoms with Gasteiger partial charge in [0, 0.05) is 53.2 Å². The van der Waals surface area contributed by atoms with Gasteiger partial charge >= 0.3 is 0 Å². The standard InChI is InChI=1S/C17H24N6OS.HI/c1-13(24)22-9-11-23(12-10-22)16(18-2)19-7-8-20-17-21-14-5-3-4-6-15(14)25-17;/h3-6H,7-12H2,1-2H3,(H,18,19)(H,20,21);1H. The zero-order valence-electron chi connectivity index (χ0n) is 15.1. The first-order chi connectivity index (χ1) is 12.2. The van der Waals surface area contributed by atoms with Crippen molar-refractivity contribution in [3.8, 4) is 0 Å². The molecule has 0 unspecified atom stereocenters. The number of benzene rings is 1. The van der Waals surface area contributed by atoms with E-state index in [9.17, 15) is 4.79 Å². The Morgan fingerprint density at radius 2 is 1.88 bits per heavy atom. The number of nitrogens with zero attached hydrogens (tertiary/aromatic N) is 4. The maximum Gasteiger partial charge on any atom is 0.219 e. The molecule has 1 aromatic heterocycles. The molecule has 1 aliphatic rings. The molecule has 1 saturated heterocycles. The Hall–Kier alpha value is -1.62. The highest BCUT2D eigenvalue weighted by molar-refractivity contribution is 14.0. The highest BCUT2D eigenvalue weighted by atomic mass is 127. The Balaban J connectivity index is 0.00000243. The summed E-state index contributed by atoms with van der Waals surface area (Å²) in [7, 11) is 1.79. The molecule has 1 fully saturated rings. The zero-order valence-corrected chi connectivity index (χ0v) is 18.2. The molecular formula is C17H25IN6OS. The average Bonchev–Trinajstić information content (AvgIpc) is 3.05. The number of thiazole rings is 1. The molecule has 0 atom stereocenters. The van der Waals surface area contributed by atoms with E-state index in [-0.39, 0.29) is 29.9 Å². The Morgan fingerprint density at radius 1 is 1.19 bits per heavy atom. The number of hydrogen-bond acceptors (Lipinski definition) is 5. The van der Waals surface area contributed by atoms with Crippen molar-refractivity contribution in [2.24, 2.45) is 4.99 Å². The van der Waals surface area contributed by atoms with Crippen molar-refractivity contribution in [2.75, 3.05) is 51.6 Å². The Bertz CT molecular complexity index is 724. The quantitative estimate of drug-likeness (QED) is 0.299. The lowest BCUT2D eigenvalue weighted by Gasteiger charge is -2.36. The monoisotopic (exact) mass is 488 g/mol. The molecule has 0 spiro atoms. The van der Waals surface area contributed by atoms with Crippen LogP contribution in [0.25, 0.3) is 10.2 Å². The van der Waals surface area contributed by atoms with E-state index in [0.717, 1.165) is 55.9 Å². The lowest BCUT2D eigenvalue weighted by molar-refractivity contribution is -0.130. The molecule has 1 amide bonds. The second-order valence-corrected chi connectivity index (χ2v) is 6.91. The molecule has 26 heavy (non-hydrogen) atoms. The maximum absolute atomic E-state index is 11.4. The molecule has 9 heteroatoms. The Morgan fingerprint density at radius 3 is 2.54 bits per heavy atom. The number of anilines is 1. The number of hydrogen-bond donors (Lipinski definition) is 2. The van der Waals surface area contributed by atoms with Crippen LogP contribution in [0.2, 0.25) is 0 Å². The van der Waals surface area contributed by atoms with Crippen molar-refractivity contribution in [1.82, 2.24) is 20.1 Å². The summed E-state index contributed by atoms with van der Waals surface area (Å²) < 4.78 is 1.19. The van der Waals surface area contributed by atoms with Gasteiger partial charge in [-0.2, -0.15) is 0 Å². The molecule has 2 heterocycles. The third-order valence-corrected chi connectivity index (χ3v) is 5.21. The van der Waals surface area contributed by atoms with Gasteiger partial charge in [-0.05, 0) is 12.1 Å². The van der Waals surface area contributed by atoms with Gasteiger partial charge in [-0.25, -0.2) is 4.98 Å². The number of fused-ring (bicyclic) bond motifs is 1. The van der Waals surface area contributed by atoms with Gasteiger partial charge in [-0.1, -0.05) is 23.5 Å². The smallest absolute Gasteiger partial charge is 0.219 e. The molecule has 0 radical (unpaired) electrons. The highest BCUT2D eigenvalue weighted by Crippen LogP contribution is 2.24. The van der Waals surface area contributed by atoms with Crippen LogP contribution in [0, 0.1) is 0 Å². The lowest BCUT2D eigenvalue weighted by Crippen LogP contribution is -2.53. The van der Waals surface area contributed by atoms with Gasteiger partial charge in [0.05, 0.1) is 10.2 Å². The number of carbonyl (C=O) groups is 1. The highest BCUT2D eigenvalue weighted by Gasteiger charge is 2.20. The number of carbonyl (C=O) groups excluding carboxylic acids is 1. The molecule has 1 aliphatic heterocycles. The molecule has 0 bridgehead atoms. The fourth-order valence-corrected chi connectivity index (χ4v) is 3.75. The lowest BCUT2D eigenvalue weighted by atomic mass is 10.3. The zero-order chi connectivity index (χ0) is 17.6. The minimum absolute atomic E-state index is 0. The van der Waals surface area contributed by atoms with E-state index in [2.05, 4.69) is 31.6 Å². The number of piperazine rings is 1. The second kappa shape index (κ2) is 9.91. The van der Waals surface area contributed by atoms with E-state index in [0.29, 0.717) is 0 Å². The molecule has 3 rings (SSSR count). The number of para-hydroxylation sites is 1. The minimum Gasteiger partial charge on any atom is -0.360 e. The molecule has 0 aliphatic carbocycles. The SMILES string of the molecule is CN=C(NCCNc1nc2ccccc2s1)N1CCN(C(C)=O)CC1.I. The van der Waals surface area contributed by atoms with Gasteiger partial charge < -0.3 is 20.4 Å². The number of amides is 1. The summed E-state index contributed by atoms with van der Waals surface area (Å²) in [6, 6.07) is 8.14. The third-order valence-electron chi connectivity index (χ3n) is 4.21. The molecule has 142 valence electrons. The fourth-order valence-electron chi connectivity index (χ4n) is 2.86. The number of nitrogens with one attached hydrogen (secondary N) is 2. The van der Waals surface area contributed by atoms with Crippen LogP contribution in [0.3, 0.4) is 0 Å². The van der Waals surface area contributed by atoms with Crippen LogP contribution in [0.1, 0.15) is 6.92 Å². The summed E-state index contributed by atoms with van der Waals surface area (Å²) in [5.74, 6) is 1.02. The summed E-state index contributed by atoms with van der Waals surface area (Å²) in [6.07, 6.45) is 0. The van der Waals surface area contributed by atoms with Crippen molar-refractivity contribution in [3.63, 3.8) is 0 Å². The predicted molar refractivity (Wildman–Crippen MR) is 119 cm³/mol. The first kappa shape index (κ1) is 20.7.